The molecule has 0 rings (SSSR count). The summed E-state index contributed by atoms with van der Waals surface area (Å²) >= 11 is 0. The van der Waals surface area contributed by atoms with Crippen molar-refractivity contribution in [3.8, 4) is 0 Å². The van der Waals surface area contributed by atoms with Crippen molar-refractivity contribution in [2.75, 3.05) is 13.1 Å². The van der Waals surface area contributed by atoms with E-state index in [0.717, 1.165) is 19.0 Å². The van der Waals surface area contributed by atoms with E-state index in [1.165, 1.54) is 12.8 Å². The Kier molecular flexibility index (Phi) is 6.57. The third-order valence-electron chi connectivity index (χ3n) is 2.37. The third-order valence-corrected chi connectivity index (χ3v) is 2.37. The number of aliphatic carboxylic acids is 1. The second-order valence-electron chi connectivity index (χ2n) is 5.45. The Morgan fingerprint density at radius 3 is 2.47 bits per heavy atom. The topological polar surface area (TPSA) is 49.3 Å². The zero-order valence-electron chi connectivity index (χ0n) is 10.5. The molecule has 3 nitrogen and oxygen atoms in total. The smallest absolute Gasteiger partial charge is 0.303 e. The lowest BCUT2D eigenvalue weighted by Gasteiger charge is -2.22. The van der Waals surface area contributed by atoms with Gasteiger partial charge >= 0.3 is 5.97 Å². The van der Waals surface area contributed by atoms with Gasteiger partial charge in [-0.2, -0.15) is 0 Å². The Labute approximate surface area is 93.3 Å². The van der Waals surface area contributed by atoms with Crippen molar-refractivity contribution in [2.45, 2.75) is 47.0 Å². The molecule has 0 aliphatic heterocycles. The van der Waals surface area contributed by atoms with E-state index in [2.05, 4.69) is 19.2 Å². The van der Waals surface area contributed by atoms with Crippen LogP contribution >= 0.6 is 0 Å². The first kappa shape index (κ1) is 14.4. The second kappa shape index (κ2) is 6.83. The summed E-state index contributed by atoms with van der Waals surface area (Å²) in [5.41, 5.74) is -0.149. The van der Waals surface area contributed by atoms with Gasteiger partial charge in [-0.3, -0.25) is 4.79 Å². The molecule has 0 radical (unpaired) electrons. The monoisotopic (exact) mass is 215 g/mol. The molecule has 90 valence electrons. The van der Waals surface area contributed by atoms with Gasteiger partial charge in [0.1, 0.15) is 0 Å². The first-order valence-electron chi connectivity index (χ1n) is 5.76. The summed E-state index contributed by atoms with van der Waals surface area (Å²) < 4.78 is 0. The molecule has 0 saturated heterocycles. The van der Waals surface area contributed by atoms with Gasteiger partial charge in [-0.05, 0) is 30.7 Å². The average Bonchev–Trinajstić information content (AvgIpc) is 1.99. The second-order valence-corrected chi connectivity index (χ2v) is 5.45. The maximum atomic E-state index is 10.6. The van der Waals surface area contributed by atoms with E-state index in [0.29, 0.717) is 0 Å². The van der Waals surface area contributed by atoms with E-state index >= 15 is 0 Å². The fourth-order valence-corrected chi connectivity index (χ4v) is 1.53. The van der Waals surface area contributed by atoms with Gasteiger partial charge in [0.15, 0.2) is 0 Å². The Morgan fingerprint density at radius 2 is 2.00 bits per heavy atom. The fourth-order valence-electron chi connectivity index (χ4n) is 1.53. The summed E-state index contributed by atoms with van der Waals surface area (Å²) in [4.78, 5) is 10.6. The molecule has 0 aliphatic carbocycles. The first-order valence-corrected chi connectivity index (χ1v) is 5.76. The summed E-state index contributed by atoms with van der Waals surface area (Å²) in [5, 5.41) is 12.0. The Balaban J connectivity index is 3.53. The number of carbonyl (C=O) groups is 1. The van der Waals surface area contributed by atoms with Gasteiger partial charge in [0.2, 0.25) is 0 Å². The highest BCUT2D eigenvalue weighted by atomic mass is 16.4. The lowest BCUT2D eigenvalue weighted by Crippen LogP contribution is -2.32. The summed E-state index contributed by atoms with van der Waals surface area (Å²) in [6.07, 6.45) is 2.62. The van der Waals surface area contributed by atoms with Crippen LogP contribution in [0.4, 0.5) is 0 Å². The summed E-state index contributed by atoms with van der Waals surface area (Å²) in [6, 6.07) is 0. The molecule has 0 aromatic rings. The van der Waals surface area contributed by atoms with Crippen LogP contribution in [0, 0.1) is 11.3 Å². The van der Waals surface area contributed by atoms with Crippen LogP contribution in [0.2, 0.25) is 0 Å². The number of hydrogen-bond acceptors (Lipinski definition) is 2. The first-order chi connectivity index (χ1) is 6.83. The SMILES string of the molecule is CC(C)CCCNCC(C)(C)CC(=O)O. The van der Waals surface area contributed by atoms with Gasteiger partial charge in [0.05, 0.1) is 6.42 Å². The fraction of sp³-hybridized carbons (Fsp3) is 0.917. The maximum absolute atomic E-state index is 10.6. The van der Waals surface area contributed by atoms with E-state index in [1.54, 1.807) is 0 Å². The van der Waals surface area contributed by atoms with E-state index in [1.807, 2.05) is 13.8 Å². The molecule has 0 saturated carbocycles. The zero-order valence-corrected chi connectivity index (χ0v) is 10.5. The number of carboxylic acid groups (broad SMARTS) is 1. The quantitative estimate of drug-likeness (QED) is 0.612. The van der Waals surface area contributed by atoms with E-state index in [4.69, 9.17) is 5.11 Å². The molecule has 0 unspecified atom stereocenters. The number of rotatable bonds is 8. The Morgan fingerprint density at radius 1 is 1.40 bits per heavy atom. The molecule has 0 heterocycles. The minimum absolute atomic E-state index is 0.149. The standard InChI is InChI=1S/C12H25NO2/c1-10(2)6-5-7-13-9-12(3,4)8-11(14)15/h10,13H,5-9H2,1-4H3,(H,14,15). The highest BCUT2D eigenvalue weighted by Crippen LogP contribution is 2.18. The minimum Gasteiger partial charge on any atom is -0.481 e. The van der Waals surface area contributed by atoms with Crippen molar-refractivity contribution in [2.24, 2.45) is 11.3 Å². The summed E-state index contributed by atoms with van der Waals surface area (Å²) in [6.45, 7) is 10.2. The van der Waals surface area contributed by atoms with Crippen molar-refractivity contribution in [1.29, 1.82) is 0 Å². The predicted octanol–water partition coefficient (Wildman–Crippen LogP) is 2.51. The Hall–Kier alpha value is -0.570. The van der Waals surface area contributed by atoms with Crippen molar-refractivity contribution in [3.63, 3.8) is 0 Å². The molecule has 0 fully saturated rings. The number of nitrogens with one attached hydrogen (secondary N) is 1. The number of carboxylic acids is 1. The van der Waals surface area contributed by atoms with Crippen LogP contribution in [0.15, 0.2) is 0 Å². The molecule has 0 aliphatic rings. The van der Waals surface area contributed by atoms with Crippen molar-refractivity contribution >= 4 is 5.97 Å². The lowest BCUT2D eigenvalue weighted by atomic mass is 9.89. The van der Waals surface area contributed by atoms with Crippen LogP contribution in [0.5, 0.6) is 0 Å². The maximum Gasteiger partial charge on any atom is 0.303 e. The highest BCUT2D eigenvalue weighted by molar-refractivity contribution is 5.67. The molecule has 0 bridgehead atoms. The van der Waals surface area contributed by atoms with Crippen LogP contribution in [0.1, 0.15) is 47.0 Å². The van der Waals surface area contributed by atoms with Gasteiger partial charge < -0.3 is 10.4 Å². The lowest BCUT2D eigenvalue weighted by molar-refractivity contribution is -0.139. The minimum atomic E-state index is -0.719. The zero-order chi connectivity index (χ0) is 11.9. The van der Waals surface area contributed by atoms with E-state index < -0.39 is 5.97 Å². The van der Waals surface area contributed by atoms with Crippen LogP contribution in [-0.2, 0) is 4.79 Å². The normalized spacial score (nSPS) is 12.1. The van der Waals surface area contributed by atoms with Crippen molar-refractivity contribution in [1.82, 2.24) is 5.32 Å². The highest BCUT2D eigenvalue weighted by Gasteiger charge is 2.20. The molecule has 0 aromatic heterocycles. The average molecular weight is 215 g/mol. The predicted molar refractivity (Wildman–Crippen MR) is 63.0 cm³/mol. The molecule has 3 heteroatoms. The van der Waals surface area contributed by atoms with Gasteiger partial charge in [0, 0.05) is 6.54 Å². The van der Waals surface area contributed by atoms with Gasteiger partial charge in [-0.1, -0.05) is 27.7 Å². The third kappa shape index (κ3) is 9.73. The van der Waals surface area contributed by atoms with Gasteiger partial charge in [0.25, 0.3) is 0 Å². The molecular formula is C12H25NO2. The summed E-state index contributed by atoms with van der Waals surface area (Å²) in [7, 11) is 0. The van der Waals surface area contributed by atoms with Crippen molar-refractivity contribution in [3.05, 3.63) is 0 Å². The van der Waals surface area contributed by atoms with Gasteiger partial charge in [-0.25, -0.2) is 0 Å². The van der Waals surface area contributed by atoms with E-state index in [-0.39, 0.29) is 11.8 Å². The van der Waals surface area contributed by atoms with Crippen LogP contribution in [0.3, 0.4) is 0 Å². The molecular weight excluding hydrogens is 190 g/mol. The molecule has 0 spiro atoms. The number of hydrogen-bond donors (Lipinski definition) is 2. The van der Waals surface area contributed by atoms with Crippen molar-refractivity contribution < 1.29 is 9.90 Å². The molecule has 0 aromatic carbocycles. The van der Waals surface area contributed by atoms with Crippen LogP contribution < -0.4 is 5.32 Å². The van der Waals surface area contributed by atoms with Gasteiger partial charge in [-0.15, -0.1) is 0 Å². The van der Waals surface area contributed by atoms with Crippen LogP contribution in [0.25, 0.3) is 0 Å². The van der Waals surface area contributed by atoms with Crippen LogP contribution in [-0.4, -0.2) is 24.2 Å². The molecule has 15 heavy (non-hydrogen) atoms. The molecule has 0 amide bonds. The molecule has 0 atom stereocenters. The van der Waals surface area contributed by atoms with E-state index in [9.17, 15) is 4.79 Å². The molecule has 2 N–H and O–H groups in total. The largest absolute Gasteiger partial charge is 0.481 e. The Bertz CT molecular complexity index is 188. The summed E-state index contributed by atoms with van der Waals surface area (Å²) in [5.74, 6) is 0.0304.